The minimum atomic E-state index is -4.26. The molecule has 1 aromatic carbocycles. The van der Waals surface area contributed by atoms with Crippen molar-refractivity contribution >= 4 is 22.2 Å². The van der Waals surface area contributed by atoms with Crippen LogP contribution in [0, 0.1) is 0 Å². The van der Waals surface area contributed by atoms with Gasteiger partial charge in [0.25, 0.3) is 10.1 Å². The van der Waals surface area contributed by atoms with E-state index in [1.807, 2.05) is 0 Å². The largest absolute Gasteiger partial charge is 0.466 e. The van der Waals surface area contributed by atoms with Crippen LogP contribution in [-0.2, 0) is 19.6 Å². The lowest BCUT2D eigenvalue weighted by molar-refractivity contribution is -0.142. The summed E-state index contributed by atoms with van der Waals surface area (Å²) in [6, 6.07) is 5.97. The van der Waals surface area contributed by atoms with E-state index < -0.39 is 16.1 Å². The zero-order valence-corrected chi connectivity index (χ0v) is 10.7. The molecule has 0 aliphatic rings. The molecule has 0 amide bonds. The highest BCUT2D eigenvalue weighted by molar-refractivity contribution is 7.85. The van der Waals surface area contributed by atoms with Crippen LogP contribution in [0.15, 0.2) is 35.2 Å². The van der Waals surface area contributed by atoms with Gasteiger partial charge in [-0.2, -0.15) is 8.42 Å². The fourth-order valence-electron chi connectivity index (χ4n) is 1.36. The molecule has 0 bridgehead atoms. The maximum atomic E-state index is 11.1. The van der Waals surface area contributed by atoms with E-state index >= 15 is 0 Å². The molecule has 1 rings (SSSR count). The third-order valence-electron chi connectivity index (χ3n) is 2.08. The van der Waals surface area contributed by atoms with Crippen molar-refractivity contribution < 1.29 is 22.5 Å². The Balaban J connectivity index is 2.86. The fourth-order valence-corrected chi connectivity index (χ4v) is 2.04. The van der Waals surface area contributed by atoms with Gasteiger partial charge in [0, 0.05) is 0 Å². The first-order valence-corrected chi connectivity index (χ1v) is 6.78. The van der Waals surface area contributed by atoms with E-state index in [1.165, 1.54) is 30.4 Å². The van der Waals surface area contributed by atoms with Crippen LogP contribution in [0.5, 0.6) is 0 Å². The first-order valence-electron chi connectivity index (χ1n) is 5.34. The summed E-state index contributed by atoms with van der Waals surface area (Å²) >= 11 is 0. The van der Waals surface area contributed by atoms with Gasteiger partial charge in [-0.3, -0.25) is 9.35 Å². The van der Waals surface area contributed by atoms with Crippen LogP contribution in [0.2, 0.25) is 0 Å². The van der Waals surface area contributed by atoms with Crippen molar-refractivity contribution in [2.45, 2.75) is 18.2 Å². The maximum absolute atomic E-state index is 11.1. The molecule has 0 radical (unpaired) electrons. The van der Waals surface area contributed by atoms with Gasteiger partial charge in [0.05, 0.1) is 13.0 Å². The van der Waals surface area contributed by atoms with Crippen molar-refractivity contribution in [3.63, 3.8) is 0 Å². The number of rotatable bonds is 5. The zero-order valence-electron chi connectivity index (χ0n) is 9.87. The third-order valence-corrected chi connectivity index (χ3v) is 3.01. The standard InChI is InChI=1S/C12H14O5S/c1-2-17-12(13)9-5-7-10-6-3-4-8-11(10)18(14,15)16/h3-8H,2,9H2,1H3,(H,14,15,16). The van der Waals surface area contributed by atoms with Gasteiger partial charge in [0.2, 0.25) is 0 Å². The average molecular weight is 270 g/mol. The Bertz CT molecular complexity index is 545. The second-order valence-corrected chi connectivity index (χ2v) is 4.81. The zero-order chi connectivity index (χ0) is 13.6. The van der Waals surface area contributed by atoms with Crippen molar-refractivity contribution in [1.82, 2.24) is 0 Å². The average Bonchev–Trinajstić information content (AvgIpc) is 2.28. The Kier molecular flexibility index (Phi) is 5.06. The summed E-state index contributed by atoms with van der Waals surface area (Å²) in [5, 5.41) is 0. The summed E-state index contributed by atoms with van der Waals surface area (Å²) in [6.07, 6.45) is 3.00. The number of hydrogen-bond acceptors (Lipinski definition) is 4. The molecule has 0 unspecified atom stereocenters. The van der Waals surface area contributed by atoms with Crippen LogP contribution in [0.4, 0.5) is 0 Å². The lowest BCUT2D eigenvalue weighted by Crippen LogP contribution is -2.02. The number of carbonyl (C=O) groups is 1. The fraction of sp³-hybridized carbons (Fsp3) is 0.250. The van der Waals surface area contributed by atoms with Gasteiger partial charge in [-0.05, 0) is 18.6 Å². The molecule has 0 aliphatic heterocycles. The minimum absolute atomic E-state index is 0.0493. The lowest BCUT2D eigenvalue weighted by Gasteiger charge is -2.02. The summed E-state index contributed by atoms with van der Waals surface area (Å²) in [6.45, 7) is 2.00. The maximum Gasteiger partial charge on any atom is 0.309 e. The number of esters is 1. The van der Waals surface area contributed by atoms with E-state index in [0.717, 1.165) is 0 Å². The molecule has 0 saturated carbocycles. The molecule has 0 saturated heterocycles. The predicted molar refractivity (Wildman–Crippen MR) is 66.5 cm³/mol. The Morgan fingerprint density at radius 2 is 2.06 bits per heavy atom. The number of ether oxygens (including phenoxy) is 1. The summed E-state index contributed by atoms with van der Waals surface area (Å²) in [5.74, 6) is -0.391. The molecule has 6 heteroatoms. The van der Waals surface area contributed by atoms with Gasteiger partial charge in [-0.25, -0.2) is 0 Å². The third kappa shape index (κ3) is 4.31. The Hall–Kier alpha value is -1.66. The molecule has 0 spiro atoms. The normalized spacial score (nSPS) is 11.7. The van der Waals surface area contributed by atoms with Crippen molar-refractivity contribution in [1.29, 1.82) is 0 Å². The Morgan fingerprint density at radius 3 is 2.67 bits per heavy atom. The van der Waals surface area contributed by atoms with Crippen molar-refractivity contribution in [2.75, 3.05) is 6.61 Å². The minimum Gasteiger partial charge on any atom is -0.466 e. The molecular weight excluding hydrogens is 256 g/mol. The van der Waals surface area contributed by atoms with E-state index in [0.29, 0.717) is 12.2 Å². The molecular formula is C12H14O5S. The van der Waals surface area contributed by atoms with Gasteiger partial charge in [-0.1, -0.05) is 30.4 Å². The highest BCUT2D eigenvalue weighted by Gasteiger charge is 2.12. The van der Waals surface area contributed by atoms with Gasteiger partial charge < -0.3 is 4.74 Å². The van der Waals surface area contributed by atoms with Crippen LogP contribution in [0.1, 0.15) is 18.9 Å². The van der Waals surface area contributed by atoms with E-state index in [2.05, 4.69) is 0 Å². The molecule has 0 heterocycles. The molecule has 0 aliphatic carbocycles. The number of hydrogen-bond donors (Lipinski definition) is 1. The van der Waals surface area contributed by atoms with E-state index in [9.17, 15) is 13.2 Å². The highest BCUT2D eigenvalue weighted by atomic mass is 32.2. The summed E-state index contributed by atoms with van der Waals surface area (Å²) in [7, 11) is -4.26. The number of carbonyl (C=O) groups excluding carboxylic acids is 1. The summed E-state index contributed by atoms with van der Waals surface area (Å²) < 4.78 is 35.9. The van der Waals surface area contributed by atoms with Crippen LogP contribution in [-0.4, -0.2) is 25.5 Å². The van der Waals surface area contributed by atoms with E-state index in [4.69, 9.17) is 9.29 Å². The van der Waals surface area contributed by atoms with Gasteiger partial charge in [0.1, 0.15) is 4.90 Å². The summed E-state index contributed by atoms with van der Waals surface area (Å²) in [5.41, 5.74) is 0.323. The second kappa shape index (κ2) is 6.32. The van der Waals surface area contributed by atoms with Crippen LogP contribution >= 0.6 is 0 Å². The summed E-state index contributed by atoms with van der Waals surface area (Å²) in [4.78, 5) is 10.9. The van der Waals surface area contributed by atoms with Crippen LogP contribution < -0.4 is 0 Å². The van der Waals surface area contributed by atoms with Crippen molar-refractivity contribution in [3.8, 4) is 0 Å². The highest BCUT2D eigenvalue weighted by Crippen LogP contribution is 2.16. The van der Waals surface area contributed by atoms with Crippen molar-refractivity contribution in [3.05, 3.63) is 35.9 Å². The van der Waals surface area contributed by atoms with Crippen LogP contribution in [0.3, 0.4) is 0 Å². The lowest BCUT2D eigenvalue weighted by atomic mass is 10.2. The van der Waals surface area contributed by atoms with Gasteiger partial charge in [0.15, 0.2) is 0 Å². The molecule has 1 N–H and O–H groups in total. The first-order chi connectivity index (χ1) is 8.45. The second-order valence-electron chi connectivity index (χ2n) is 3.42. The molecule has 1 aromatic rings. The molecule has 18 heavy (non-hydrogen) atoms. The predicted octanol–water partition coefficient (Wildman–Crippen LogP) is 1.90. The monoisotopic (exact) mass is 270 g/mol. The smallest absolute Gasteiger partial charge is 0.309 e. The van der Waals surface area contributed by atoms with Gasteiger partial charge in [-0.15, -0.1) is 0 Å². The molecule has 0 aromatic heterocycles. The topological polar surface area (TPSA) is 80.7 Å². The SMILES string of the molecule is CCOC(=O)CC=Cc1ccccc1S(=O)(=O)O. The van der Waals surface area contributed by atoms with E-state index in [1.54, 1.807) is 13.0 Å². The first kappa shape index (κ1) is 14.4. The van der Waals surface area contributed by atoms with Gasteiger partial charge >= 0.3 is 5.97 Å². The molecule has 5 nitrogen and oxygen atoms in total. The van der Waals surface area contributed by atoms with Crippen LogP contribution in [0.25, 0.3) is 6.08 Å². The Morgan fingerprint density at radius 1 is 1.39 bits per heavy atom. The Labute approximate surface area is 106 Å². The molecule has 0 fully saturated rings. The van der Waals surface area contributed by atoms with Crippen molar-refractivity contribution in [2.24, 2.45) is 0 Å². The molecule has 98 valence electrons. The quantitative estimate of drug-likeness (QED) is 0.653. The molecule has 0 atom stereocenters. The number of benzene rings is 1. The van der Waals surface area contributed by atoms with E-state index in [-0.39, 0.29) is 11.3 Å².